The number of pyridine rings is 1. The molecule has 0 N–H and O–H groups in total. The van der Waals surface area contributed by atoms with Crippen LogP contribution in [0.3, 0.4) is 0 Å². The van der Waals surface area contributed by atoms with Gasteiger partial charge in [-0.25, -0.2) is 4.98 Å². The van der Waals surface area contributed by atoms with E-state index in [-0.39, 0.29) is 17.4 Å². The van der Waals surface area contributed by atoms with Gasteiger partial charge in [-0.2, -0.15) is 0 Å². The summed E-state index contributed by atoms with van der Waals surface area (Å²) < 4.78 is 3.98. The molecular weight excluding hydrogens is 563 g/mol. The molecule has 6 aromatic rings. The highest BCUT2D eigenvalue weighted by Crippen LogP contribution is 2.39. The van der Waals surface area contributed by atoms with Crippen LogP contribution < -0.4 is 5.56 Å². The Hall–Kier alpha value is -4.34. The number of piperidine rings is 1. The van der Waals surface area contributed by atoms with Crippen molar-refractivity contribution in [2.24, 2.45) is 5.92 Å². The van der Waals surface area contributed by atoms with Crippen LogP contribution in [-0.4, -0.2) is 43.6 Å². The second kappa shape index (κ2) is 10.2. The minimum atomic E-state index is 0.0292. The van der Waals surface area contributed by atoms with Crippen molar-refractivity contribution in [2.45, 2.75) is 28.2 Å². The fourth-order valence-corrected chi connectivity index (χ4v) is 8.41. The highest BCUT2D eigenvalue weighted by Gasteiger charge is 2.36. The Bertz CT molecular complexity index is 2020. The lowest BCUT2D eigenvalue weighted by Crippen LogP contribution is -2.49. The number of carbonyl (C=O) groups excluding carboxylic acids is 1. The summed E-state index contributed by atoms with van der Waals surface area (Å²) in [4.78, 5) is 32.7. The van der Waals surface area contributed by atoms with Gasteiger partial charge >= 0.3 is 0 Å². The molecule has 2 aliphatic rings. The number of carbonyl (C=O) groups is 1. The fraction of sp³-hybridized carbons (Fsp3) is 0.182. The maximum Gasteiger partial charge on any atom is 0.253 e. The van der Waals surface area contributed by atoms with E-state index < -0.39 is 0 Å². The van der Waals surface area contributed by atoms with Gasteiger partial charge < -0.3 is 9.47 Å². The van der Waals surface area contributed by atoms with Crippen LogP contribution >= 0.6 is 23.1 Å². The predicted octanol–water partition coefficient (Wildman–Crippen LogP) is 6.48. The Labute approximate surface area is 249 Å². The van der Waals surface area contributed by atoms with Crippen molar-refractivity contribution in [2.75, 3.05) is 13.1 Å². The highest BCUT2D eigenvalue weighted by molar-refractivity contribution is 8.01. The molecule has 2 bridgehead atoms. The first-order valence-corrected chi connectivity index (χ1v) is 15.6. The summed E-state index contributed by atoms with van der Waals surface area (Å²) >= 11 is 3.19. The maximum atomic E-state index is 13.6. The van der Waals surface area contributed by atoms with Crippen molar-refractivity contribution in [3.63, 3.8) is 0 Å². The van der Waals surface area contributed by atoms with Crippen molar-refractivity contribution in [1.29, 1.82) is 0 Å². The monoisotopic (exact) mass is 587 g/mol. The van der Waals surface area contributed by atoms with E-state index in [9.17, 15) is 9.59 Å². The molecule has 0 unspecified atom stereocenters. The molecule has 42 heavy (non-hydrogen) atoms. The summed E-state index contributed by atoms with van der Waals surface area (Å²) in [6, 6.07) is 29.5. The molecule has 3 aromatic heterocycles. The molecule has 7 nitrogen and oxygen atoms in total. The van der Waals surface area contributed by atoms with E-state index in [2.05, 4.69) is 28.4 Å². The van der Waals surface area contributed by atoms with Crippen LogP contribution in [0, 0.1) is 5.92 Å². The van der Waals surface area contributed by atoms with Crippen molar-refractivity contribution >= 4 is 50.0 Å². The summed E-state index contributed by atoms with van der Waals surface area (Å²) in [6.07, 6.45) is 1.02. The number of para-hydroxylation sites is 1. The molecule has 1 amide bonds. The van der Waals surface area contributed by atoms with Gasteiger partial charge in [0, 0.05) is 59.2 Å². The Morgan fingerprint density at radius 3 is 2.50 bits per heavy atom. The standard InChI is InChI=1S/C33H25N5O2S2/c39-29-11-5-9-27-23-16-20(18-38(27)29)17-37(19-23)32(40)22-14-12-21(13-15-22)30-24-6-1-2-7-25(24)31(36-35-30)42-33-34-26-8-3-4-10-28(26)41-33/h1-15,20,23H,16-19H2/t20-,23-/m1/s1. The van der Waals surface area contributed by atoms with Gasteiger partial charge in [0.05, 0.1) is 10.2 Å². The molecule has 0 saturated carbocycles. The molecular formula is C33H25N5O2S2. The number of rotatable bonds is 4. The van der Waals surface area contributed by atoms with Crippen LogP contribution in [0.2, 0.25) is 0 Å². The molecule has 2 aliphatic heterocycles. The van der Waals surface area contributed by atoms with Gasteiger partial charge in [-0.15, -0.1) is 21.5 Å². The third-order valence-corrected chi connectivity index (χ3v) is 10.4. The number of nitrogens with zero attached hydrogens (tertiary/aromatic N) is 5. The van der Waals surface area contributed by atoms with E-state index >= 15 is 0 Å². The van der Waals surface area contributed by atoms with Gasteiger partial charge in [-0.05, 0) is 54.4 Å². The van der Waals surface area contributed by atoms with E-state index in [0.717, 1.165) is 53.7 Å². The van der Waals surface area contributed by atoms with Gasteiger partial charge in [0.15, 0.2) is 4.34 Å². The first kappa shape index (κ1) is 25.4. The van der Waals surface area contributed by atoms with E-state index in [0.29, 0.717) is 31.1 Å². The molecule has 0 radical (unpaired) electrons. The lowest BCUT2D eigenvalue weighted by atomic mass is 9.83. The topological polar surface area (TPSA) is 81.0 Å². The molecule has 8 rings (SSSR count). The number of fused-ring (bicyclic) bond motifs is 6. The molecule has 0 spiro atoms. The van der Waals surface area contributed by atoms with E-state index in [4.69, 9.17) is 4.98 Å². The van der Waals surface area contributed by atoms with Crippen molar-refractivity contribution < 1.29 is 4.79 Å². The lowest BCUT2D eigenvalue weighted by Gasteiger charge is -2.42. The normalized spacial score (nSPS) is 17.9. The Morgan fingerprint density at radius 2 is 1.64 bits per heavy atom. The highest BCUT2D eigenvalue weighted by atomic mass is 32.2. The molecule has 1 saturated heterocycles. The zero-order chi connectivity index (χ0) is 28.2. The third-order valence-electron chi connectivity index (χ3n) is 8.28. The number of amides is 1. The second-order valence-corrected chi connectivity index (χ2v) is 13.2. The minimum absolute atomic E-state index is 0.0292. The number of benzene rings is 3. The van der Waals surface area contributed by atoms with E-state index in [1.807, 2.05) is 76.2 Å². The van der Waals surface area contributed by atoms with E-state index in [1.54, 1.807) is 17.4 Å². The average Bonchev–Trinajstić information content (AvgIpc) is 3.44. The molecule has 0 aliphatic carbocycles. The molecule has 3 aromatic carbocycles. The Kier molecular flexibility index (Phi) is 6.15. The van der Waals surface area contributed by atoms with Gasteiger partial charge in [0.2, 0.25) is 0 Å². The van der Waals surface area contributed by atoms with E-state index in [1.165, 1.54) is 11.8 Å². The molecule has 5 heterocycles. The number of hydrogen-bond acceptors (Lipinski definition) is 7. The molecule has 2 atom stereocenters. The predicted molar refractivity (Wildman–Crippen MR) is 166 cm³/mol. The number of hydrogen-bond donors (Lipinski definition) is 0. The SMILES string of the molecule is O=C(c1ccc(-c2nnc(Sc3nc4ccccc4s3)c3ccccc23)cc1)N1C[C@H]2C[C@H](C1)c1cccc(=O)n1C2. The van der Waals surface area contributed by atoms with Gasteiger partial charge in [-0.3, -0.25) is 9.59 Å². The lowest BCUT2D eigenvalue weighted by molar-refractivity contribution is 0.0594. The van der Waals surface area contributed by atoms with Crippen LogP contribution in [0.25, 0.3) is 32.2 Å². The Morgan fingerprint density at radius 1 is 0.833 bits per heavy atom. The summed E-state index contributed by atoms with van der Waals surface area (Å²) in [5, 5.41) is 12.1. The van der Waals surface area contributed by atoms with Gasteiger partial charge in [-0.1, -0.05) is 54.6 Å². The van der Waals surface area contributed by atoms with Gasteiger partial charge in [0.1, 0.15) is 10.7 Å². The summed E-state index contributed by atoms with van der Waals surface area (Å²) in [5.74, 6) is 0.511. The van der Waals surface area contributed by atoms with Crippen LogP contribution in [0.5, 0.6) is 0 Å². The molecule has 1 fully saturated rings. The average molecular weight is 588 g/mol. The van der Waals surface area contributed by atoms with Crippen LogP contribution in [0.1, 0.15) is 28.4 Å². The minimum Gasteiger partial charge on any atom is -0.338 e. The zero-order valence-corrected chi connectivity index (χ0v) is 24.1. The first-order valence-electron chi connectivity index (χ1n) is 14.0. The van der Waals surface area contributed by atoms with Crippen molar-refractivity contribution in [3.8, 4) is 11.3 Å². The largest absolute Gasteiger partial charge is 0.338 e. The number of thiazole rings is 1. The summed E-state index contributed by atoms with van der Waals surface area (Å²) in [6.45, 7) is 1.97. The zero-order valence-electron chi connectivity index (χ0n) is 22.5. The van der Waals surface area contributed by atoms with Crippen LogP contribution in [-0.2, 0) is 6.54 Å². The fourth-order valence-electron chi connectivity index (χ4n) is 6.36. The Balaban J connectivity index is 1.05. The summed E-state index contributed by atoms with van der Waals surface area (Å²) in [7, 11) is 0. The maximum absolute atomic E-state index is 13.6. The van der Waals surface area contributed by atoms with Crippen LogP contribution in [0.15, 0.2) is 105 Å². The van der Waals surface area contributed by atoms with Crippen LogP contribution in [0.4, 0.5) is 0 Å². The third kappa shape index (κ3) is 4.40. The quantitative estimate of drug-likeness (QED) is 0.235. The molecule has 206 valence electrons. The van der Waals surface area contributed by atoms with Crippen molar-refractivity contribution in [3.05, 3.63) is 113 Å². The van der Waals surface area contributed by atoms with Crippen molar-refractivity contribution in [1.82, 2.24) is 24.6 Å². The smallest absolute Gasteiger partial charge is 0.253 e. The number of aromatic nitrogens is 4. The summed E-state index contributed by atoms with van der Waals surface area (Å²) in [5.41, 5.74) is 4.44. The molecule has 9 heteroatoms. The first-order chi connectivity index (χ1) is 20.6. The second-order valence-electron chi connectivity index (χ2n) is 10.9. The number of likely N-dealkylation sites (tertiary alicyclic amines) is 1. The van der Waals surface area contributed by atoms with Gasteiger partial charge in [0.25, 0.3) is 11.5 Å².